The van der Waals surface area contributed by atoms with E-state index in [0.717, 1.165) is 22.0 Å². The number of amides is 1. The minimum atomic E-state index is -1.27. The highest BCUT2D eigenvalue weighted by Gasteiger charge is 2.15. The van der Waals surface area contributed by atoms with Crippen LogP contribution in [0.3, 0.4) is 0 Å². The van der Waals surface area contributed by atoms with Crippen LogP contribution in [0.2, 0.25) is 0 Å². The van der Waals surface area contributed by atoms with Gasteiger partial charge in [0.1, 0.15) is 0 Å². The highest BCUT2D eigenvalue weighted by molar-refractivity contribution is 7.11. The molecular formula is C12H10F2N2OS. The molecule has 2 aromatic rings. The van der Waals surface area contributed by atoms with Crippen molar-refractivity contribution in [3.05, 3.63) is 51.5 Å². The quantitative estimate of drug-likeness (QED) is 0.870. The van der Waals surface area contributed by atoms with Gasteiger partial charge in [0.05, 0.1) is 12.1 Å². The number of nitrogens with zero attached hydrogens (tertiary/aromatic N) is 1. The van der Waals surface area contributed by atoms with Gasteiger partial charge in [0.25, 0.3) is 5.91 Å². The highest BCUT2D eigenvalue weighted by atomic mass is 32.1. The van der Waals surface area contributed by atoms with Gasteiger partial charge in [-0.25, -0.2) is 9.37 Å². The first-order valence-electron chi connectivity index (χ1n) is 5.21. The van der Waals surface area contributed by atoms with Crippen LogP contribution in [0.25, 0.3) is 0 Å². The lowest BCUT2D eigenvalue weighted by atomic mass is 10.2. The van der Waals surface area contributed by atoms with E-state index in [0.29, 0.717) is 6.54 Å². The third kappa shape index (κ3) is 2.70. The summed E-state index contributed by atoms with van der Waals surface area (Å²) in [5.41, 5.74) is -0.337. The lowest BCUT2D eigenvalue weighted by molar-refractivity contribution is 0.0946. The van der Waals surface area contributed by atoms with Crippen molar-refractivity contribution >= 4 is 17.2 Å². The van der Waals surface area contributed by atoms with Gasteiger partial charge in [-0.1, -0.05) is 0 Å². The number of thiophene rings is 1. The molecule has 6 heteroatoms. The molecule has 0 radical (unpaired) electrons. The van der Waals surface area contributed by atoms with Gasteiger partial charge < -0.3 is 5.32 Å². The second-order valence-corrected chi connectivity index (χ2v) is 5.03. The van der Waals surface area contributed by atoms with E-state index in [4.69, 9.17) is 0 Å². The molecule has 1 N–H and O–H groups in total. The number of hydrogen-bond donors (Lipinski definition) is 1. The Morgan fingerprint density at radius 1 is 1.39 bits per heavy atom. The molecule has 0 bridgehead atoms. The van der Waals surface area contributed by atoms with Gasteiger partial charge in [0, 0.05) is 16.0 Å². The Kier molecular flexibility index (Phi) is 3.66. The van der Waals surface area contributed by atoms with E-state index >= 15 is 0 Å². The van der Waals surface area contributed by atoms with Gasteiger partial charge in [0.15, 0.2) is 5.82 Å². The van der Waals surface area contributed by atoms with Crippen LogP contribution in [0, 0.1) is 18.7 Å². The van der Waals surface area contributed by atoms with E-state index in [1.807, 2.05) is 19.1 Å². The van der Waals surface area contributed by atoms with Crippen LogP contribution in [-0.4, -0.2) is 10.9 Å². The van der Waals surface area contributed by atoms with Crippen LogP contribution in [0.15, 0.2) is 24.4 Å². The maximum absolute atomic E-state index is 13.3. The molecule has 0 fully saturated rings. The van der Waals surface area contributed by atoms with E-state index in [-0.39, 0.29) is 5.56 Å². The van der Waals surface area contributed by atoms with Crippen molar-refractivity contribution in [3.8, 4) is 0 Å². The summed E-state index contributed by atoms with van der Waals surface area (Å²) in [4.78, 5) is 16.9. The summed E-state index contributed by atoms with van der Waals surface area (Å²) >= 11 is 1.54. The van der Waals surface area contributed by atoms with Crippen LogP contribution in [0.4, 0.5) is 8.78 Å². The molecule has 1 amide bonds. The average Bonchev–Trinajstić information content (AvgIpc) is 2.76. The molecule has 0 atom stereocenters. The van der Waals surface area contributed by atoms with Crippen molar-refractivity contribution in [3.63, 3.8) is 0 Å². The lowest BCUT2D eigenvalue weighted by Crippen LogP contribution is -2.24. The predicted molar refractivity (Wildman–Crippen MR) is 64.4 cm³/mol. The minimum absolute atomic E-state index is 0.292. The molecule has 0 aromatic carbocycles. The third-order valence-electron chi connectivity index (χ3n) is 2.31. The minimum Gasteiger partial charge on any atom is -0.347 e. The van der Waals surface area contributed by atoms with Gasteiger partial charge in [-0.15, -0.1) is 11.3 Å². The summed E-state index contributed by atoms with van der Waals surface area (Å²) in [5, 5.41) is 2.53. The van der Waals surface area contributed by atoms with Gasteiger partial charge in [-0.2, -0.15) is 4.39 Å². The first-order chi connectivity index (χ1) is 8.58. The summed E-state index contributed by atoms with van der Waals surface area (Å²) in [5.74, 6) is -3.15. The molecule has 3 nitrogen and oxygen atoms in total. The first kappa shape index (κ1) is 12.6. The Morgan fingerprint density at radius 3 is 2.83 bits per heavy atom. The molecule has 94 valence electrons. The van der Waals surface area contributed by atoms with E-state index < -0.39 is 17.7 Å². The van der Waals surface area contributed by atoms with Gasteiger partial charge in [-0.05, 0) is 25.1 Å². The normalized spacial score (nSPS) is 10.4. The van der Waals surface area contributed by atoms with Crippen LogP contribution < -0.4 is 5.32 Å². The fourth-order valence-electron chi connectivity index (χ4n) is 1.44. The number of hydrogen-bond acceptors (Lipinski definition) is 3. The molecule has 0 aliphatic rings. The number of nitrogens with one attached hydrogen (secondary N) is 1. The van der Waals surface area contributed by atoms with E-state index in [1.165, 1.54) is 11.3 Å². The molecule has 0 aliphatic carbocycles. The zero-order valence-electron chi connectivity index (χ0n) is 9.54. The number of pyridine rings is 1. The van der Waals surface area contributed by atoms with E-state index in [2.05, 4.69) is 10.3 Å². The molecule has 2 heterocycles. The summed E-state index contributed by atoms with van der Waals surface area (Å²) in [7, 11) is 0. The molecule has 0 spiro atoms. The Hall–Kier alpha value is -1.82. The van der Waals surface area contributed by atoms with Crippen molar-refractivity contribution in [2.45, 2.75) is 13.5 Å². The lowest BCUT2D eigenvalue weighted by Gasteiger charge is -2.04. The summed E-state index contributed by atoms with van der Waals surface area (Å²) in [6.45, 7) is 2.24. The fraction of sp³-hybridized carbons (Fsp3) is 0.167. The molecule has 0 unspecified atom stereocenters. The number of halogens is 2. The molecule has 0 aliphatic heterocycles. The summed E-state index contributed by atoms with van der Waals surface area (Å²) < 4.78 is 26.1. The Labute approximate surface area is 106 Å². The van der Waals surface area contributed by atoms with E-state index in [1.54, 1.807) is 0 Å². The largest absolute Gasteiger partial charge is 0.347 e. The molecule has 2 aromatic heterocycles. The standard InChI is InChI=1S/C12H10F2N2OS/c1-7-2-3-8(18-7)6-16-12(17)9-4-5-15-11(14)10(9)13/h2-5H,6H2,1H3,(H,16,17). The zero-order valence-corrected chi connectivity index (χ0v) is 10.4. The number of aromatic nitrogens is 1. The highest BCUT2D eigenvalue weighted by Crippen LogP contribution is 2.15. The summed E-state index contributed by atoms with van der Waals surface area (Å²) in [6.07, 6.45) is 1.06. The third-order valence-corrected chi connectivity index (χ3v) is 3.31. The number of rotatable bonds is 3. The van der Waals surface area contributed by atoms with Crippen molar-refractivity contribution in [2.24, 2.45) is 0 Å². The number of aryl methyl sites for hydroxylation is 1. The molecule has 18 heavy (non-hydrogen) atoms. The Morgan fingerprint density at radius 2 is 2.17 bits per heavy atom. The maximum atomic E-state index is 13.3. The Bertz CT molecular complexity index is 583. The van der Waals surface area contributed by atoms with Crippen molar-refractivity contribution in [2.75, 3.05) is 0 Å². The van der Waals surface area contributed by atoms with Crippen LogP contribution in [0.5, 0.6) is 0 Å². The Balaban J connectivity index is 2.06. The van der Waals surface area contributed by atoms with Gasteiger partial charge in [0.2, 0.25) is 5.95 Å². The van der Waals surface area contributed by atoms with Crippen LogP contribution >= 0.6 is 11.3 Å². The maximum Gasteiger partial charge on any atom is 0.254 e. The monoisotopic (exact) mass is 268 g/mol. The fourth-order valence-corrected chi connectivity index (χ4v) is 2.27. The van der Waals surface area contributed by atoms with Gasteiger partial charge >= 0.3 is 0 Å². The van der Waals surface area contributed by atoms with Crippen molar-refractivity contribution in [1.29, 1.82) is 0 Å². The second-order valence-electron chi connectivity index (χ2n) is 3.66. The van der Waals surface area contributed by atoms with Crippen molar-refractivity contribution < 1.29 is 13.6 Å². The SMILES string of the molecule is Cc1ccc(CNC(=O)c2ccnc(F)c2F)s1. The number of carbonyl (C=O) groups is 1. The van der Waals surface area contributed by atoms with Gasteiger partial charge in [-0.3, -0.25) is 4.79 Å². The van der Waals surface area contributed by atoms with Crippen LogP contribution in [-0.2, 0) is 6.54 Å². The molecule has 2 rings (SSSR count). The first-order valence-corrected chi connectivity index (χ1v) is 6.03. The number of carbonyl (C=O) groups excluding carboxylic acids is 1. The van der Waals surface area contributed by atoms with Crippen LogP contribution in [0.1, 0.15) is 20.1 Å². The molecule has 0 saturated heterocycles. The molecular weight excluding hydrogens is 258 g/mol. The van der Waals surface area contributed by atoms with Crippen molar-refractivity contribution in [1.82, 2.24) is 10.3 Å². The predicted octanol–water partition coefficient (Wildman–Crippen LogP) is 2.66. The zero-order chi connectivity index (χ0) is 13.1. The summed E-state index contributed by atoms with van der Waals surface area (Å²) in [6, 6.07) is 4.95. The molecule has 0 saturated carbocycles. The van der Waals surface area contributed by atoms with E-state index in [9.17, 15) is 13.6 Å². The second kappa shape index (κ2) is 5.22. The smallest absolute Gasteiger partial charge is 0.254 e. The average molecular weight is 268 g/mol. The topological polar surface area (TPSA) is 42.0 Å².